The van der Waals surface area contributed by atoms with Gasteiger partial charge in [-0.15, -0.1) is 11.3 Å². The second-order valence-electron chi connectivity index (χ2n) is 3.95. The van der Waals surface area contributed by atoms with Crippen molar-refractivity contribution in [3.05, 3.63) is 38.3 Å². The minimum absolute atomic E-state index is 0.727. The van der Waals surface area contributed by atoms with E-state index >= 15 is 0 Å². The molecule has 18 heavy (non-hydrogen) atoms. The van der Waals surface area contributed by atoms with E-state index in [0.29, 0.717) is 0 Å². The summed E-state index contributed by atoms with van der Waals surface area (Å²) in [6.45, 7) is 4.86. The molecule has 0 atom stereocenters. The molecule has 1 N–H and O–H groups in total. The van der Waals surface area contributed by atoms with Crippen molar-refractivity contribution in [1.82, 2.24) is 4.98 Å². The Kier molecular flexibility index (Phi) is 4.24. The molecule has 0 radical (unpaired) electrons. The van der Waals surface area contributed by atoms with E-state index in [-0.39, 0.29) is 0 Å². The van der Waals surface area contributed by atoms with Crippen LogP contribution in [0.15, 0.2) is 22.7 Å². The molecule has 5 heteroatoms. The van der Waals surface area contributed by atoms with Crippen LogP contribution >= 0.6 is 27.3 Å². The number of hydrogen-bond donors (Lipinski definition) is 1. The van der Waals surface area contributed by atoms with Gasteiger partial charge in [0.2, 0.25) is 0 Å². The lowest BCUT2D eigenvalue weighted by Crippen LogP contribution is -2.00. The van der Waals surface area contributed by atoms with Crippen molar-refractivity contribution in [1.29, 1.82) is 0 Å². The number of benzene rings is 1. The average Bonchev–Trinajstić information content (AvgIpc) is 2.68. The molecule has 0 aliphatic carbocycles. The van der Waals surface area contributed by atoms with Gasteiger partial charge in [-0.1, -0.05) is 0 Å². The van der Waals surface area contributed by atoms with Gasteiger partial charge in [0.1, 0.15) is 10.8 Å². The summed E-state index contributed by atoms with van der Waals surface area (Å²) in [6.07, 6.45) is 0. The summed E-state index contributed by atoms with van der Waals surface area (Å²) in [5, 5.41) is 4.46. The highest BCUT2D eigenvalue weighted by Crippen LogP contribution is 2.28. The zero-order chi connectivity index (χ0) is 13.1. The number of methoxy groups -OCH3 is 1. The van der Waals surface area contributed by atoms with Crippen LogP contribution in [0.4, 0.5) is 5.69 Å². The molecule has 3 nitrogen and oxygen atoms in total. The molecule has 0 spiro atoms. The zero-order valence-electron chi connectivity index (χ0n) is 10.6. The van der Waals surface area contributed by atoms with Gasteiger partial charge in [0.15, 0.2) is 0 Å². The number of thiazole rings is 1. The van der Waals surface area contributed by atoms with Crippen LogP contribution < -0.4 is 10.1 Å². The standard InChI is InChI=1S/C13H15BrN2OS/c1-8-9(2)18-13(16-8)7-15-12-6-10(17-3)4-5-11(12)14/h4-6,15H,7H2,1-3H3. The van der Waals surface area contributed by atoms with Gasteiger partial charge in [-0.25, -0.2) is 4.98 Å². The van der Waals surface area contributed by atoms with Crippen molar-refractivity contribution in [2.24, 2.45) is 0 Å². The minimum atomic E-state index is 0.727. The topological polar surface area (TPSA) is 34.1 Å². The van der Waals surface area contributed by atoms with Crippen LogP contribution in [0.1, 0.15) is 15.6 Å². The van der Waals surface area contributed by atoms with E-state index in [9.17, 15) is 0 Å². The fraction of sp³-hybridized carbons (Fsp3) is 0.308. The monoisotopic (exact) mass is 326 g/mol. The fourth-order valence-electron chi connectivity index (χ4n) is 1.55. The molecule has 0 amide bonds. The Morgan fingerprint density at radius 1 is 1.39 bits per heavy atom. The van der Waals surface area contributed by atoms with Crippen molar-refractivity contribution in [3.63, 3.8) is 0 Å². The Bertz CT molecular complexity index is 534. The number of aryl methyl sites for hydroxylation is 2. The Balaban J connectivity index is 2.10. The SMILES string of the molecule is COc1ccc(Br)c(NCc2nc(C)c(C)s2)c1. The third-order valence-electron chi connectivity index (χ3n) is 2.68. The zero-order valence-corrected chi connectivity index (χ0v) is 13.0. The van der Waals surface area contributed by atoms with Gasteiger partial charge < -0.3 is 10.1 Å². The van der Waals surface area contributed by atoms with E-state index in [1.54, 1.807) is 18.4 Å². The molecule has 1 aromatic heterocycles. The van der Waals surface area contributed by atoms with E-state index in [0.717, 1.165) is 33.2 Å². The van der Waals surface area contributed by atoms with E-state index in [1.165, 1.54) is 4.88 Å². The summed E-state index contributed by atoms with van der Waals surface area (Å²) in [7, 11) is 1.67. The fourth-order valence-corrected chi connectivity index (χ4v) is 2.81. The third-order valence-corrected chi connectivity index (χ3v) is 4.44. The van der Waals surface area contributed by atoms with Gasteiger partial charge in [-0.2, -0.15) is 0 Å². The maximum atomic E-state index is 5.21. The number of anilines is 1. The highest BCUT2D eigenvalue weighted by Gasteiger charge is 2.05. The Morgan fingerprint density at radius 3 is 2.78 bits per heavy atom. The number of nitrogens with one attached hydrogen (secondary N) is 1. The van der Waals surface area contributed by atoms with Crippen molar-refractivity contribution in [3.8, 4) is 5.75 Å². The third kappa shape index (κ3) is 3.03. The van der Waals surface area contributed by atoms with Crippen LogP contribution in [0.5, 0.6) is 5.75 Å². The molecule has 2 rings (SSSR count). The van der Waals surface area contributed by atoms with Gasteiger partial charge in [-0.3, -0.25) is 0 Å². The summed E-state index contributed by atoms with van der Waals surface area (Å²) < 4.78 is 6.23. The molecular weight excluding hydrogens is 312 g/mol. The highest BCUT2D eigenvalue weighted by atomic mass is 79.9. The van der Waals surface area contributed by atoms with E-state index < -0.39 is 0 Å². The quantitative estimate of drug-likeness (QED) is 0.916. The number of aromatic nitrogens is 1. The summed E-state index contributed by atoms with van der Waals surface area (Å²) in [5.74, 6) is 0.840. The number of hydrogen-bond acceptors (Lipinski definition) is 4. The lowest BCUT2D eigenvalue weighted by Gasteiger charge is -2.08. The second-order valence-corrected chi connectivity index (χ2v) is 6.09. The lowest BCUT2D eigenvalue weighted by molar-refractivity contribution is 0.415. The normalized spacial score (nSPS) is 10.4. The summed E-state index contributed by atoms with van der Waals surface area (Å²) >= 11 is 5.25. The molecule has 96 valence electrons. The maximum absolute atomic E-state index is 5.21. The van der Waals surface area contributed by atoms with Crippen LogP contribution in [-0.2, 0) is 6.54 Å². The van der Waals surface area contributed by atoms with E-state index in [2.05, 4.69) is 33.2 Å². The summed E-state index contributed by atoms with van der Waals surface area (Å²) in [4.78, 5) is 5.78. The van der Waals surface area contributed by atoms with E-state index in [1.807, 2.05) is 25.1 Å². The van der Waals surface area contributed by atoms with Crippen molar-refractivity contribution < 1.29 is 4.74 Å². The molecule has 0 saturated heterocycles. The Hall–Kier alpha value is -1.07. The molecule has 0 unspecified atom stereocenters. The minimum Gasteiger partial charge on any atom is -0.497 e. The van der Waals surface area contributed by atoms with Crippen LogP contribution in [0.3, 0.4) is 0 Å². The van der Waals surface area contributed by atoms with Gasteiger partial charge in [-0.05, 0) is 41.9 Å². The lowest BCUT2D eigenvalue weighted by atomic mass is 10.3. The smallest absolute Gasteiger partial charge is 0.121 e. The first-order valence-corrected chi connectivity index (χ1v) is 7.21. The molecule has 1 heterocycles. The maximum Gasteiger partial charge on any atom is 0.121 e. The number of rotatable bonds is 4. The molecule has 0 aliphatic heterocycles. The molecule has 1 aromatic carbocycles. The van der Waals surface area contributed by atoms with Crippen molar-refractivity contribution >= 4 is 33.0 Å². The van der Waals surface area contributed by atoms with Gasteiger partial charge in [0, 0.05) is 15.4 Å². The molecule has 2 aromatic rings. The number of ether oxygens (including phenoxy) is 1. The van der Waals surface area contributed by atoms with Crippen LogP contribution in [0.25, 0.3) is 0 Å². The molecular formula is C13H15BrN2OS. The Morgan fingerprint density at radius 2 is 2.17 bits per heavy atom. The molecule has 0 saturated carbocycles. The average molecular weight is 327 g/mol. The van der Waals surface area contributed by atoms with Crippen molar-refractivity contribution in [2.45, 2.75) is 20.4 Å². The van der Waals surface area contributed by atoms with Gasteiger partial charge in [0.25, 0.3) is 0 Å². The van der Waals surface area contributed by atoms with Crippen LogP contribution in [-0.4, -0.2) is 12.1 Å². The van der Waals surface area contributed by atoms with Crippen LogP contribution in [0.2, 0.25) is 0 Å². The highest BCUT2D eigenvalue weighted by molar-refractivity contribution is 9.10. The molecule has 0 fully saturated rings. The molecule has 0 bridgehead atoms. The first-order chi connectivity index (χ1) is 8.60. The van der Waals surface area contributed by atoms with Gasteiger partial charge >= 0.3 is 0 Å². The predicted molar refractivity (Wildman–Crippen MR) is 79.6 cm³/mol. The second kappa shape index (κ2) is 5.71. The van der Waals surface area contributed by atoms with Crippen LogP contribution in [0, 0.1) is 13.8 Å². The largest absolute Gasteiger partial charge is 0.497 e. The first-order valence-electron chi connectivity index (χ1n) is 5.60. The van der Waals surface area contributed by atoms with Gasteiger partial charge in [0.05, 0.1) is 25.0 Å². The van der Waals surface area contributed by atoms with E-state index in [4.69, 9.17) is 4.74 Å². The summed E-state index contributed by atoms with van der Waals surface area (Å²) in [6, 6.07) is 5.86. The summed E-state index contributed by atoms with van der Waals surface area (Å²) in [5.41, 5.74) is 2.13. The molecule has 0 aliphatic rings. The predicted octanol–water partition coefficient (Wildman–Crippen LogP) is 4.14. The number of nitrogens with zero attached hydrogens (tertiary/aromatic N) is 1. The van der Waals surface area contributed by atoms with Crippen molar-refractivity contribution in [2.75, 3.05) is 12.4 Å². The first kappa shape index (κ1) is 13.4. The Labute approximate surface area is 119 Å². The number of halogens is 1.